The first-order chi connectivity index (χ1) is 4.63. The molecule has 0 aliphatic rings. The molecule has 10 heavy (non-hydrogen) atoms. The van der Waals surface area contributed by atoms with E-state index in [-0.39, 0.29) is 0 Å². The second kappa shape index (κ2) is 4.15. The molecule has 0 rings (SSSR count). The summed E-state index contributed by atoms with van der Waals surface area (Å²) in [5.74, 6) is 0. The van der Waals surface area contributed by atoms with Crippen molar-refractivity contribution >= 4 is 0 Å². The smallest absolute Gasteiger partial charge is 0.0299 e. The Kier molecular flexibility index (Phi) is 3.85. The van der Waals surface area contributed by atoms with Crippen LogP contribution in [0, 0.1) is 0 Å². The Bertz CT molecular complexity index is 164. The zero-order chi connectivity index (χ0) is 8.15. The first kappa shape index (κ1) is 9.28. The van der Waals surface area contributed by atoms with E-state index in [0.29, 0.717) is 0 Å². The van der Waals surface area contributed by atoms with Gasteiger partial charge in [-0.15, -0.1) is 0 Å². The molecule has 0 aliphatic heterocycles. The second-order valence-electron chi connectivity index (χ2n) is 2.50. The molecule has 0 aromatic carbocycles. The topological polar surface area (TPSA) is 26.0 Å². The third kappa shape index (κ3) is 2.26. The van der Waals surface area contributed by atoms with E-state index in [0.717, 1.165) is 12.1 Å². The molecule has 0 atom stereocenters. The summed E-state index contributed by atoms with van der Waals surface area (Å²) >= 11 is 0. The lowest BCUT2D eigenvalue weighted by Crippen LogP contribution is -1.99. The first-order valence-electron chi connectivity index (χ1n) is 3.72. The Morgan fingerprint density at radius 2 is 1.90 bits per heavy atom. The van der Waals surface area contributed by atoms with E-state index in [9.17, 15) is 0 Å². The first-order valence-corrected chi connectivity index (χ1v) is 3.72. The van der Waals surface area contributed by atoms with E-state index in [1.807, 2.05) is 13.0 Å². The lowest BCUT2D eigenvalue weighted by atomic mass is 10.1. The monoisotopic (exact) mass is 139 g/mol. The molecule has 0 radical (unpaired) electrons. The largest absolute Gasteiger partial charge is 0.399 e. The van der Waals surface area contributed by atoms with Crippen LogP contribution in [0.4, 0.5) is 0 Å². The highest BCUT2D eigenvalue weighted by molar-refractivity contribution is 5.29. The van der Waals surface area contributed by atoms with Crippen molar-refractivity contribution in [2.45, 2.75) is 34.1 Å². The lowest BCUT2D eigenvalue weighted by Gasteiger charge is -2.04. The van der Waals surface area contributed by atoms with Gasteiger partial charge in [0.05, 0.1) is 0 Å². The zero-order valence-corrected chi connectivity index (χ0v) is 7.36. The molecule has 1 heteroatoms. The molecule has 0 heterocycles. The summed E-state index contributed by atoms with van der Waals surface area (Å²) in [6, 6.07) is 0. The van der Waals surface area contributed by atoms with Gasteiger partial charge in [-0.25, -0.2) is 0 Å². The maximum atomic E-state index is 5.70. The van der Waals surface area contributed by atoms with Crippen LogP contribution in [0.3, 0.4) is 0 Å². The number of hydrogen-bond donors (Lipinski definition) is 1. The van der Waals surface area contributed by atoms with Gasteiger partial charge >= 0.3 is 0 Å². The number of rotatable bonds is 2. The zero-order valence-electron chi connectivity index (χ0n) is 7.36. The van der Waals surface area contributed by atoms with Crippen LogP contribution in [-0.4, -0.2) is 0 Å². The molecule has 0 aromatic rings. The van der Waals surface area contributed by atoms with Crippen LogP contribution in [0.2, 0.25) is 0 Å². The van der Waals surface area contributed by atoms with E-state index in [1.54, 1.807) is 0 Å². The summed E-state index contributed by atoms with van der Waals surface area (Å²) in [5.41, 5.74) is 9.20. The predicted octanol–water partition coefficient (Wildman–Crippen LogP) is 2.60. The lowest BCUT2D eigenvalue weighted by molar-refractivity contribution is 1.05. The van der Waals surface area contributed by atoms with Crippen LogP contribution in [0.1, 0.15) is 34.1 Å². The minimum atomic E-state index is 0.902. The van der Waals surface area contributed by atoms with E-state index in [2.05, 4.69) is 20.8 Å². The number of allylic oxidation sites excluding steroid dienone is 3. The molecule has 2 N–H and O–H groups in total. The quantitative estimate of drug-likeness (QED) is 0.585. The molecule has 0 spiro atoms. The highest BCUT2D eigenvalue weighted by atomic mass is 14.6. The van der Waals surface area contributed by atoms with E-state index >= 15 is 0 Å². The fourth-order valence-electron chi connectivity index (χ4n) is 0.728. The van der Waals surface area contributed by atoms with Crippen molar-refractivity contribution in [3.63, 3.8) is 0 Å². The average molecular weight is 139 g/mol. The summed E-state index contributed by atoms with van der Waals surface area (Å²) < 4.78 is 0. The molecule has 0 aliphatic carbocycles. The van der Waals surface area contributed by atoms with Crippen molar-refractivity contribution in [2.24, 2.45) is 5.73 Å². The summed E-state index contributed by atoms with van der Waals surface area (Å²) in [6.07, 6.45) is 3.02. The van der Waals surface area contributed by atoms with Gasteiger partial charge in [-0.1, -0.05) is 18.6 Å². The Morgan fingerprint density at radius 1 is 1.40 bits per heavy atom. The van der Waals surface area contributed by atoms with Gasteiger partial charge < -0.3 is 5.73 Å². The van der Waals surface area contributed by atoms with Crippen LogP contribution in [0.25, 0.3) is 0 Å². The third-order valence-corrected chi connectivity index (χ3v) is 1.91. The van der Waals surface area contributed by atoms with Gasteiger partial charge in [0.2, 0.25) is 0 Å². The Morgan fingerprint density at radius 3 is 2.20 bits per heavy atom. The Balaban J connectivity index is 4.46. The molecule has 58 valence electrons. The highest BCUT2D eigenvalue weighted by Gasteiger charge is 1.95. The van der Waals surface area contributed by atoms with Crippen molar-refractivity contribution in [3.05, 3.63) is 22.9 Å². The van der Waals surface area contributed by atoms with Gasteiger partial charge in [-0.05, 0) is 32.8 Å². The SMILES string of the molecule is C/C=C(N)/C(C)=C(\C)CC. The van der Waals surface area contributed by atoms with Crippen molar-refractivity contribution in [1.82, 2.24) is 0 Å². The summed E-state index contributed by atoms with van der Waals surface area (Å²) in [6.45, 7) is 8.28. The van der Waals surface area contributed by atoms with Crippen LogP contribution >= 0.6 is 0 Å². The molecule has 0 aromatic heterocycles. The molecule has 1 nitrogen and oxygen atoms in total. The van der Waals surface area contributed by atoms with Gasteiger partial charge in [-0.3, -0.25) is 0 Å². The van der Waals surface area contributed by atoms with Crippen LogP contribution < -0.4 is 5.73 Å². The van der Waals surface area contributed by atoms with Crippen molar-refractivity contribution < 1.29 is 0 Å². The molecule has 0 saturated heterocycles. The molecule has 0 unspecified atom stereocenters. The van der Waals surface area contributed by atoms with Crippen molar-refractivity contribution in [1.29, 1.82) is 0 Å². The van der Waals surface area contributed by atoms with E-state index < -0.39 is 0 Å². The molecule has 0 bridgehead atoms. The molecule has 0 amide bonds. The minimum absolute atomic E-state index is 0.902. The molecular weight excluding hydrogens is 122 g/mol. The van der Waals surface area contributed by atoms with Crippen LogP contribution in [0.15, 0.2) is 22.9 Å². The second-order valence-corrected chi connectivity index (χ2v) is 2.50. The fourth-order valence-corrected chi connectivity index (χ4v) is 0.728. The third-order valence-electron chi connectivity index (χ3n) is 1.91. The average Bonchev–Trinajstić information content (AvgIpc) is 2.00. The Hall–Kier alpha value is -0.720. The van der Waals surface area contributed by atoms with E-state index in [1.165, 1.54) is 11.1 Å². The predicted molar refractivity (Wildman–Crippen MR) is 46.6 cm³/mol. The maximum Gasteiger partial charge on any atom is 0.0299 e. The maximum absolute atomic E-state index is 5.70. The molecular formula is C9H17N. The standard InChI is InChI=1S/C9H17N/c1-5-7(3)8(4)9(10)6-2/h6H,5,10H2,1-4H3/b8-7+,9-6-. The van der Waals surface area contributed by atoms with Crippen LogP contribution in [-0.2, 0) is 0 Å². The van der Waals surface area contributed by atoms with Crippen molar-refractivity contribution in [2.75, 3.05) is 0 Å². The fraction of sp³-hybridized carbons (Fsp3) is 0.556. The summed E-state index contributed by atoms with van der Waals surface area (Å²) in [4.78, 5) is 0. The van der Waals surface area contributed by atoms with Gasteiger partial charge in [-0.2, -0.15) is 0 Å². The number of hydrogen-bond acceptors (Lipinski definition) is 1. The summed E-state index contributed by atoms with van der Waals surface area (Å²) in [5, 5.41) is 0. The minimum Gasteiger partial charge on any atom is -0.399 e. The molecule has 0 saturated carbocycles. The van der Waals surface area contributed by atoms with E-state index in [4.69, 9.17) is 5.73 Å². The Labute approximate surface area is 63.6 Å². The number of nitrogens with two attached hydrogens (primary N) is 1. The molecule has 0 fully saturated rings. The summed E-state index contributed by atoms with van der Waals surface area (Å²) in [7, 11) is 0. The van der Waals surface area contributed by atoms with Gasteiger partial charge in [0.1, 0.15) is 0 Å². The van der Waals surface area contributed by atoms with Gasteiger partial charge in [0.25, 0.3) is 0 Å². The highest BCUT2D eigenvalue weighted by Crippen LogP contribution is 2.11. The van der Waals surface area contributed by atoms with Gasteiger partial charge in [0.15, 0.2) is 0 Å². The van der Waals surface area contributed by atoms with Crippen LogP contribution in [0.5, 0.6) is 0 Å². The van der Waals surface area contributed by atoms with Crippen molar-refractivity contribution in [3.8, 4) is 0 Å². The normalized spacial score (nSPS) is 15.0. The van der Waals surface area contributed by atoms with Gasteiger partial charge in [0, 0.05) is 5.70 Å².